The van der Waals surface area contributed by atoms with E-state index >= 15 is 0 Å². The number of amides is 2. The summed E-state index contributed by atoms with van der Waals surface area (Å²) in [5, 5.41) is 11.0. The number of pyridine rings is 1. The molecular weight excluding hydrogens is 544 g/mol. The van der Waals surface area contributed by atoms with Crippen LogP contribution in [0, 0.1) is 5.82 Å². The molecule has 3 heterocycles. The van der Waals surface area contributed by atoms with Crippen LogP contribution >= 0.6 is 0 Å². The lowest BCUT2D eigenvalue weighted by molar-refractivity contribution is -0.141. The molecule has 41 heavy (non-hydrogen) atoms. The summed E-state index contributed by atoms with van der Waals surface area (Å²) in [5.41, 5.74) is 0.130. The number of anilines is 1. The maximum absolute atomic E-state index is 14.9. The van der Waals surface area contributed by atoms with Gasteiger partial charge in [0.1, 0.15) is 18.1 Å². The Balaban J connectivity index is 1.14. The maximum Gasteiger partial charge on any atom is 0.433 e. The predicted octanol–water partition coefficient (Wildman–Crippen LogP) is 3.63. The number of ether oxygens (including phenoxy) is 1. The quantitative estimate of drug-likeness (QED) is 0.412. The summed E-state index contributed by atoms with van der Waals surface area (Å²) in [4.78, 5) is 31.7. The van der Waals surface area contributed by atoms with Crippen LogP contribution in [0.4, 0.5) is 23.2 Å². The lowest BCUT2D eigenvalue weighted by Gasteiger charge is -2.35. The monoisotopic (exact) mass is 572 g/mol. The van der Waals surface area contributed by atoms with Crippen LogP contribution in [-0.4, -0.2) is 58.1 Å². The highest BCUT2D eigenvalue weighted by Gasteiger charge is 2.53. The third kappa shape index (κ3) is 6.39. The van der Waals surface area contributed by atoms with Gasteiger partial charge in [-0.3, -0.25) is 14.6 Å². The summed E-state index contributed by atoms with van der Waals surface area (Å²) >= 11 is 0. The van der Waals surface area contributed by atoms with Gasteiger partial charge in [0.2, 0.25) is 17.7 Å². The van der Waals surface area contributed by atoms with Crippen LogP contribution < -0.4 is 15.0 Å². The van der Waals surface area contributed by atoms with Crippen LogP contribution in [0.1, 0.15) is 42.3 Å². The van der Waals surface area contributed by atoms with E-state index < -0.39 is 23.1 Å². The van der Waals surface area contributed by atoms with Crippen LogP contribution in [0.25, 0.3) is 0 Å². The smallest absolute Gasteiger partial charge is 0.433 e. The molecule has 0 unspecified atom stereocenters. The first-order valence-corrected chi connectivity index (χ1v) is 13.1. The average molecular weight is 573 g/mol. The number of halogens is 4. The van der Waals surface area contributed by atoms with Crippen molar-refractivity contribution in [3.05, 3.63) is 77.0 Å². The standard InChI is InChI=1S/C28H28F4N6O3/c1-18(39)37-10-12-38(13-11-37)21-4-3-20(22(29)14-21)16-34-26(40)27(8-9-27)23-6-7-25(36-35-23)41-17-19-2-5-24(33-15-19)28(30,31)32/h2-7,14-15H,8-13,16-17H2,1H3,(H,34,40). The van der Waals surface area contributed by atoms with E-state index in [4.69, 9.17) is 4.74 Å². The number of nitrogens with zero attached hydrogens (tertiary/aromatic N) is 5. The lowest BCUT2D eigenvalue weighted by atomic mass is 10.0. The number of hydrogen-bond donors (Lipinski definition) is 1. The summed E-state index contributed by atoms with van der Waals surface area (Å²) < 4.78 is 58.3. The summed E-state index contributed by atoms with van der Waals surface area (Å²) in [7, 11) is 0. The van der Waals surface area contributed by atoms with Crippen LogP contribution in [0.15, 0.2) is 48.7 Å². The van der Waals surface area contributed by atoms with E-state index in [-0.39, 0.29) is 30.8 Å². The van der Waals surface area contributed by atoms with Gasteiger partial charge in [0.05, 0.1) is 11.1 Å². The Morgan fingerprint density at radius 1 is 1.02 bits per heavy atom. The highest BCUT2D eigenvalue weighted by Crippen LogP contribution is 2.47. The molecule has 0 bridgehead atoms. The summed E-state index contributed by atoms with van der Waals surface area (Å²) in [6.07, 6.45) is -2.29. The van der Waals surface area contributed by atoms with Crippen molar-refractivity contribution in [1.29, 1.82) is 0 Å². The molecule has 2 fully saturated rings. The number of piperazine rings is 1. The fourth-order valence-corrected chi connectivity index (χ4v) is 4.71. The van der Waals surface area contributed by atoms with E-state index in [0.29, 0.717) is 55.8 Å². The number of nitrogens with one attached hydrogen (secondary N) is 1. The van der Waals surface area contributed by atoms with Crippen LogP contribution in [-0.2, 0) is 34.3 Å². The van der Waals surface area contributed by atoms with Gasteiger partial charge in [-0.1, -0.05) is 12.1 Å². The second-order valence-corrected chi connectivity index (χ2v) is 10.1. The SMILES string of the molecule is CC(=O)N1CCN(c2ccc(CNC(=O)C3(c4ccc(OCc5ccc(C(F)(F)F)nc5)nn4)CC3)c(F)c2)CC1. The summed E-state index contributed by atoms with van der Waals surface area (Å²) in [6.45, 7) is 3.91. The predicted molar refractivity (Wildman–Crippen MR) is 139 cm³/mol. The number of aromatic nitrogens is 3. The molecule has 5 rings (SSSR count). The minimum Gasteiger partial charge on any atom is -0.472 e. The zero-order valence-electron chi connectivity index (χ0n) is 22.2. The number of rotatable bonds is 8. The second kappa shape index (κ2) is 11.3. The van der Waals surface area contributed by atoms with E-state index in [1.54, 1.807) is 23.1 Å². The Morgan fingerprint density at radius 2 is 1.78 bits per heavy atom. The van der Waals surface area contributed by atoms with Gasteiger partial charge in [-0.05, 0) is 37.1 Å². The molecule has 0 spiro atoms. The van der Waals surface area contributed by atoms with Crippen molar-refractivity contribution in [1.82, 2.24) is 25.4 Å². The third-order valence-corrected chi connectivity index (χ3v) is 7.38. The number of benzene rings is 1. The normalized spacial score (nSPS) is 16.3. The minimum absolute atomic E-state index is 0.0145. The first-order valence-electron chi connectivity index (χ1n) is 13.1. The van der Waals surface area contributed by atoms with E-state index in [1.807, 2.05) is 11.0 Å². The molecule has 0 atom stereocenters. The Bertz CT molecular complexity index is 1400. The van der Waals surface area contributed by atoms with Crippen molar-refractivity contribution in [2.45, 2.75) is 44.5 Å². The Labute approximate surface area is 233 Å². The molecule has 216 valence electrons. The molecule has 9 nitrogen and oxygen atoms in total. The first-order chi connectivity index (χ1) is 19.5. The van der Waals surface area contributed by atoms with Gasteiger partial charge in [-0.25, -0.2) is 4.39 Å². The molecule has 1 aromatic carbocycles. The van der Waals surface area contributed by atoms with Crippen LogP contribution in [0.3, 0.4) is 0 Å². The zero-order chi connectivity index (χ0) is 29.2. The number of carbonyl (C=O) groups is 2. The fraction of sp³-hybridized carbons (Fsp3) is 0.393. The van der Waals surface area contributed by atoms with Crippen molar-refractivity contribution < 1.29 is 31.9 Å². The Hall–Kier alpha value is -4.29. The third-order valence-electron chi connectivity index (χ3n) is 7.38. The van der Waals surface area contributed by atoms with Crippen LogP contribution in [0.5, 0.6) is 5.88 Å². The first kappa shape index (κ1) is 28.2. The van der Waals surface area contributed by atoms with Gasteiger partial charge in [-0.2, -0.15) is 18.3 Å². The molecule has 2 amide bonds. The number of hydrogen-bond acceptors (Lipinski definition) is 7. The molecule has 1 aliphatic carbocycles. The van der Waals surface area contributed by atoms with Gasteiger partial charge in [0, 0.05) is 68.7 Å². The highest BCUT2D eigenvalue weighted by molar-refractivity contribution is 5.90. The van der Waals surface area contributed by atoms with E-state index in [0.717, 1.165) is 18.0 Å². The average Bonchev–Trinajstić information content (AvgIpc) is 3.78. The summed E-state index contributed by atoms with van der Waals surface area (Å²) in [6, 6.07) is 10.2. The molecule has 13 heteroatoms. The van der Waals surface area contributed by atoms with Crippen molar-refractivity contribution in [3.63, 3.8) is 0 Å². The Kier molecular flexibility index (Phi) is 7.78. The lowest BCUT2D eigenvalue weighted by Crippen LogP contribution is -2.48. The molecule has 1 saturated heterocycles. The second-order valence-electron chi connectivity index (χ2n) is 10.1. The van der Waals surface area contributed by atoms with Gasteiger partial charge in [0.25, 0.3) is 0 Å². The summed E-state index contributed by atoms with van der Waals surface area (Å²) in [5.74, 6) is -0.527. The van der Waals surface area contributed by atoms with E-state index in [1.165, 1.54) is 19.1 Å². The van der Waals surface area contributed by atoms with Crippen molar-refractivity contribution in [2.24, 2.45) is 0 Å². The highest BCUT2D eigenvalue weighted by atomic mass is 19.4. The minimum atomic E-state index is -4.51. The molecule has 2 aliphatic rings. The topological polar surface area (TPSA) is 101 Å². The van der Waals surface area contributed by atoms with Crippen LogP contribution in [0.2, 0.25) is 0 Å². The van der Waals surface area contributed by atoms with Gasteiger partial charge < -0.3 is 19.9 Å². The molecule has 2 aromatic heterocycles. The molecule has 3 aromatic rings. The fourth-order valence-electron chi connectivity index (χ4n) is 4.71. The molecule has 1 N–H and O–H groups in total. The maximum atomic E-state index is 14.9. The van der Waals surface area contributed by atoms with Gasteiger partial charge in [-0.15, -0.1) is 5.10 Å². The molecular formula is C28H28F4N6O3. The molecule has 1 aliphatic heterocycles. The van der Waals surface area contributed by atoms with Gasteiger partial charge in [0.15, 0.2) is 0 Å². The van der Waals surface area contributed by atoms with Crippen molar-refractivity contribution in [2.75, 3.05) is 31.1 Å². The molecule has 0 radical (unpaired) electrons. The van der Waals surface area contributed by atoms with Gasteiger partial charge >= 0.3 is 6.18 Å². The molecule has 1 saturated carbocycles. The number of carbonyl (C=O) groups excluding carboxylic acids is 2. The zero-order valence-corrected chi connectivity index (χ0v) is 22.2. The van der Waals surface area contributed by atoms with Crippen molar-refractivity contribution >= 4 is 17.5 Å². The van der Waals surface area contributed by atoms with Crippen molar-refractivity contribution in [3.8, 4) is 5.88 Å². The van der Waals surface area contributed by atoms with E-state index in [9.17, 15) is 27.2 Å². The van der Waals surface area contributed by atoms with E-state index in [2.05, 4.69) is 20.5 Å². The number of alkyl halides is 3. The Morgan fingerprint density at radius 3 is 2.34 bits per heavy atom. The largest absolute Gasteiger partial charge is 0.472 e.